The topological polar surface area (TPSA) is 86.6 Å². The molecule has 0 aromatic heterocycles. The van der Waals surface area contributed by atoms with E-state index in [9.17, 15) is 14.7 Å². The maximum Gasteiger partial charge on any atom is 0.337 e. The summed E-state index contributed by atoms with van der Waals surface area (Å²) in [6.45, 7) is 1.70. The Morgan fingerprint density at radius 3 is 2.48 bits per heavy atom. The van der Waals surface area contributed by atoms with Crippen molar-refractivity contribution in [2.45, 2.75) is 6.92 Å². The van der Waals surface area contributed by atoms with Crippen LogP contribution in [0.3, 0.4) is 0 Å². The van der Waals surface area contributed by atoms with Crippen LogP contribution in [0.5, 0.6) is 5.75 Å². The van der Waals surface area contributed by atoms with E-state index in [0.717, 1.165) is 0 Å². The third-order valence-corrected chi connectivity index (χ3v) is 3.17. The summed E-state index contributed by atoms with van der Waals surface area (Å²) in [6.07, 6.45) is 0. The molecule has 0 spiro atoms. The van der Waals surface area contributed by atoms with Gasteiger partial charge in [0.1, 0.15) is 5.75 Å². The number of anilines is 1. The Balaban J connectivity index is 2.33. The van der Waals surface area contributed by atoms with E-state index in [1.165, 1.54) is 30.3 Å². The molecule has 3 N–H and O–H groups in total. The van der Waals surface area contributed by atoms with E-state index < -0.39 is 11.9 Å². The van der Waals surface area contributed by atoms with E-state index in [4.69, 9.17) is 16.7 Å². The SMILES string of the molecule is Cc1ccc(C(=O)Nc2cc(Cl)ccc2C(=O)O)cc1O. The Bertz CT molecular complexity index is 728. The first-order chi connectivity index (χ1) is 9.88. The van der Waals surface area contributed by atoms with Gasteiger partial charge in [-0.05, 0) is 42.8 Å². The van der Waals surface area contributed by atoms with Gasteiger partial charge in [0.2, 0.25) is 0 Å². The van der Waals surface area contributed by atoms with Crippen molar-refractivity contribution in [2.75, 3.05) is 5.32 Å². The van der Waals surface area contributed by atoms with Gasteiger partial charge in [-0.25, -0.2) is 4.79 Å². The maximum atomic E-state index is 12.1. The first kappa shape index (κ1) is 14.9. The van der Waals surface area contributed by atoms with Crippen LogP contribution in [0.1, 0.15) is 26.3 Å². The summed E-state index contributed by atoms with van der Waals surface area (Å²) >= 11 is 5.81. The van der Waals surface area contributed by atoms with E-state index in [2.05, 4.69) is 5.32 Å². The predicted molar refractivity (Wildman–Crippen MR) is 79.2 cm³/mol. The van der Waals surface area contributed by atoms with Gasteiger partial charge in [-0.15, -0.1) is 0 Å². The number of carbonyl (C=O) groups is 2. The molecule has 0 aliphatic rings. The number of benzene rings is 2. The summed E-state index contributed by atoms with van der Waals surface area (Å²) in [4.78, 5) is 23.2. The minimum atomic E-state index is -1.17. The van der Waals surface area contributed by atoms with Gasteiger partial charge in [0, 0.05) is 10.6 Å². The Kier molecular flexibility index (Phi) is 4.14. The fraction of sp³-hybridized carbons (Fsp3) is 0.0667. The average Bonchev–Trinajstić information content (AvgIpc) is 2.41. The molecule has 0 saturated heterocycles. The monoisotopic (exact) mass is 305 g/mol. The number of aromatic carboxylic acids is 1. The highest BCUT2D eigenvalue weighted by atomic mass is 35.5. The lowest BCUT2D eigenvalue weighted by Crippen LogP contribution is -2.14. The highest BCUT2D eigenvalue weighted by Gasteiger charge is 2.14. The van der Waals surface area contributed by atoms with Gasteiger partial charge in [-0.3, -0.25) is 4.79 Å². The summed E-state index contributed by atoms with van der Waals surface area (Å²) in [5.41, 5.74) is 0.888. The molecule has 0 bridgehead atoms. The summed E-state index contributed by atoms with van der Waals surface area (Å²) in [5.74, 6) is -1.71. The number of carboxylic acid groups (broad SMARTS) is 1. The van der Waals surface area contributed by atoms with Crippen molar-refractivity contribution >= 4 is 29.2 Å². The molecule has 0 heterocycles. The zero-order valence-electron chi connectivity index (χ0n) is 11.1. The van der Waals surface area contributed by atoms with Crippen LogP contribution in [0.25, 0.3) is 0 Å². The quantitative estimate of drug-likeness (QED) is 0.812. The van der Waals surface area contributed by atoms with Crippen LogP contribution in [-0.4, -0.2) is 22.1 Å². The second kappa shape index (κ2) is 5.85. The van der Waals surface area contributed by atoms with Crippen LogP contribution in [-0.2, 0) is 0 Å². The lowest BCUT2D eigenvalue weighted by molar-refractivity contribution is 0.0698. The molecule has 1 amide bonds. The van der Waals surface area contributed by atoms with Gasteiger partial charge in [-0.1, -0.05) is 17.7 Å². The summed E-state index contributed by atoms with van der Waals surface area (Å²) in [6, 6.07) is 8.55. The third kappa shape index (κ3) is 3.32. The van der Waals surface area contributed by atoms with Gasteiger partial charge >= 0.3 is 5.97 Å². The molecule has 2 aromatic carbocycles. The third-order valence-electron chi connectivity index (χ3n) is 2.93. The summed E-state index contributed by atoms with van der Waals surface area (Å²) in [7, 11) is 0. The zero-order chi connectivity index (χ0) is 15.6. The number of hydrogen-bond acceptors (Lipinski definition) is 3. The van der Waals surface area contributed by atoms with Crippen molar-refractivity contribution in [3.8, 4) is 5.75 Å². The average molecular weight is 306 g/mol. The molecular weight excluding hydrogens is 294 g/mol. The van der Waals surface area contributed by atoms with E-state index >= 15 is 0 Å². The van der Waals surface area contributed by atoms with Crippen LogP contribution in [0, 0.1) is 6.92 Å². The van der Waals surface area contributed by atoms with Gasteiger partial charge in [0.15, 0.2) is 0 Å². The van der Waals surface area contributed by atoms with E-state index in [0.29, 0.717) is 10.6 Å². The lowest BCUT2D eigenvalue weighted by Gasteiger charge is -2.09. The molecular formula is C15H12ClNO4. The molecule has 0 aliphatic heterocycles. The normalized spacial score (nSPS) is 10.2. The van der Waals surface area contributed by atoms with Crippen molar-refractivity contribution in [3.05, 3.63) is 58.1 Å². The number of aromatic hydroxyl groups is 1. The van der Waals surface area contributed by atoms with Crippen molar-refractivity contribution < 1.29 is 19.8 Å². The smallest absolute Gasteiger partial charge is 0.337 e. The summed E-state index contributed by atoms with van der Waals surface area (Å²) in [5, 5.41) is 21.5. The van der Waals surface area contributed by atoms with E-state index in [1.54, 1.807) is 13.0 Å². The molecule has 0 atom stereocenters. The van der Waals surface area contributed by atoms with Gasteiger partial charge in [-0.2, -0.15) is 0 Å². The number of hydrogen-bond donors (Lipinski definition) is 3. The van der Waals surface area contributed by atoms with Crippen LogP contribution in [0.4, 0.5) is 5.69 Å². The lowest BCUT2D eigenvalue weighted by atomic mass is 10.1. The zero-order valence-corrected chi connectivity index (χ0v) is 11.8. The van der Waals surface area contributed by atoms with Gasteiger partial charge in [0.05, 0.1) is 11.3 Å². The molecule has 108 valence electrons. The maximum absolute atomic E-state index is 12.1. The van der Waals surface area contributed by atoms with E-state index in [-0.39, 0.29) is 22.6 Å². The second-order valence-electron chi connectivity index (χ2n) is 4.45. The molecule has 2 aromatic rings. The number of phenolic OH excluding ortho intramolecular Hbond substituents is 1. The first-order valence-electron chi connectivity index (χ1n) is 6.02. The number of aryl methyl sites for hydroxylation is 1. The Morgan fingerprint density at radius 1 is 1.14 bits per heavy atom. The first-order valence-corrected chi connectivity index (χ1v) is 6.40. The van der Waals surface area contributed by atoms with Crippen molar-refractivity contribution in [1.29, 1.82) is 0 Å². The van der Waals surface area contributed by atoms with Crippen LogP contribution >= 0.6 is 11.6 Å². The number of carboxylic acids is 1. The molecule has 5 nitrogen and oxygen atoms in total. The number of rotatable bonds is 3. The Morgan fingerprint density at radius 2 is 1.86 bits per heavy atom. The standard InChI is InChI=1S/C15H12ClNO4/c1-8-2-3-9(6-13(8)18)14(19)17-12-7-10(16)4-5-11(12)15(20)21/h2-7,18H,1H3,(H,17,19)(H,20,21). The van der Waals surface area contributed by atoms with Gasteiger partial charge < -0.3 is 15.5 Å². The summed E-state index contributed by atoms with van der Waals surface area (Å²) < 4.78 is 0. The van der Waals surface area contributed by atoms with Crippen molar-refractivity contribution in [2.24, 2.45) is 0 Å². The molecule has 0 aliphatic carbocycles. The largest absolute Gasteiger partial charge is 0.508 e. The molecule has 0 radical (unpaired) electrons. The number of phenols is 1. The molecule has 0 fully saturated rings. The molecule has 21 heavy (non-hydrogen) atoms. The van der Waals surface area contributed by atoms with Crippen LogP contribution in [0.2, 0.25) is 5.02 Å². The minimum absolute atomic E-state index is 0.00722. The molecule has 0 unspecified atom stereocenters. The Hall–Kier alpha value is -2.53. The van der Waals surface area contributed by atoms with Crippen LogP contribution < -0.4 is 5.32 Å². The number of carbonyl (C=O) groups excluding carboxylic acids is 1. The second-order valence-corrected chi connectivity index (χ2v) is 4.89. The number of amides is 1. The fourth-order valence-electron chi connectivity index (χ4n) is 1.75. The predicted octanol–water partition coefficient (Wildman–Crippen LogP) is 3.30. The van der Waals surface area contributed by atoms with Crippen LogP contribution in [0.15, 0.2) is 36.4 Å². The number of halogens is 1. The molecule has 6 heteroatoms. The minimum Gasteiger partial charge on any atom is -0.508 e. The van der Waals surface area contributed by atoms with Crippen molar-refractivity contribution in [1.82, 2.24) is 0 Å². The van der Waals surface area contributed by atoms with Gasteiger partial charge in [0.25, 0.3) is 5.91 Å². The fourth-order valence-corrected chi connectivity index (χ4v) is 1.92. The Labute approximate surface area is 125 Å². The number of nitrogens with one attached hydrogen (secondary N) is 1. The highest BCUT2D eigenvalue weighted by Crippen LogP contribution is 2.23. The van der Waals surface area contributed by atoms with E-state index in [1.807, 2.05) is 0 Å². The van der Waals surface area contributed by atoms with Crippen molar-refractivity contribution in [3.63, 3.8) is 0 Å². The molecule has 2 rings (SSSR count). The highest BCUT2D eigenvalue weighted by molar-refractivity contribution is 6.31. The molecule has 0 saturated carbocycles.